The van der Waals surface area contributed by atoms with Gasteiger partial charge in [0.2, 0.25) is 18.0 Å². The van der Waals surface area contributed by atoms with E-state index in [2.05, 4.69) is 15.6 Å². The normalized spacial score (nSPS) is 18.9. The number of primary amides is 1. The van der Waals surface area contributed by atoms with Crippen molar-refractivity contribution in [3.8, 4) is 0 Å². The molecule has 0 aromatic heterocycles. The number of rotatable bonds is 9. The molecule has 202 valence electrons. The molecule has 1 heterocycles. The number of amides is 3. The second kappa shape index (κ2) is 10.9. The zero-order valence-corrected chi connectivity index (χ0v) is 20.6. The summed E-state index contributed by atoms with van der Waals surface area (Å²) in [5.74, 6) is -5.83. The summed E-state index contributed by atoms with van der Waals surface area (Å²) in [5, 5.41) is 4.85. The van der Waals surface area contributed by atoms with Gasteiger partial charge in [0.1, 0.15) is 5.82 Å². The number of hydrogen-bond acceptors (Lipinski definition) is 4. The van der Waals surface area contributed by atoms with Gasteiger partial charge in [0, 0.05) is 29.4 Å². The predicted molar refractivity (Wildman–Crippen MR) is 133 cm³/mol. The minimum atomic E-state index is -4.56. The number of nitrogens with zero attached hydrogens (tertiary/aromatic N) is 1. The van der Waals surface area contributed by atoms with Gasteiger partial charge < -0.3 is 16.4 Å². The summed E-state index contributed by atoms with van der Waals surface area (Å²) in [5.41, 5.74) is 6.99. The molecule has 3 atom stereocenters. The van der Waals surface area contributed by atoms with Gasteiger partial charge in [-0.1, -0.05) is 43.2 Å². The smallest absolute Gasteiger partial charge is 0.369 e. The van der Waals surface area contributed by atoms with Crippen LogP contribution in [-0.2, 0) is 14.4 Å². The molecule has 0 radical (unpaired) electrons. The summed E-state index contributed by atoms with van der Waals surface area (Å²) >= 11 is 0. The number of aliphatic imine (C=N–C) groups is 1. The van der Waals surface area contributed by atoms with Crippen LogP contribution < -0.4 is 16.4 Å². The first-order valence-corrected chi connectivity index (χ1v) is 12.3. The molecule has 1 saturated carbocycles. The van der Waals surface area contributed by atoms with E-state index in [1.165, 1.54) is 6.07 Å². The van der Waals surface area contributed by atoms with Gasteiger partial charge in [-0.05, 0) is 43.4 Å². The summed E-state index contributed by atoms with van der Waals surface area (Å²) in [4.78, 5) is 43.1. The number of halogens is 4. The number of benzene rings is 2. The largest absolute Gasteiger partial charge is 0.389 e. The zero-order valence-electron chi connectivity index (χ0n) is 20.6. The van der Waals surface area contributed by atoms with Crippen molar-refractivity contribution in [2.24, 2.45) is 28.5 Å². The molecule has 0 spiro atoms. The summed E-state index contributed by atoms with van der Waals surface area (Å²) in [6.07, 6.45) is -6.33. The highest BCUT2D eigenvalue weighted by molar-refractivity contribution is 6.20. The molecule has 2 aliphatic rings. The Morgan fingerprint density at radius 1 is 1.16 bits per heavy atom. The first kappa shape index (κ1) is 27.3. The Bertz CT molecular complexity index is 1260. The van der Waals surface area contributed by atoms with Gasteiger partial charge in [-0.15, -0.1) is 0 Å². The van der Waals surface area contributed by atoms with E-state index in [-0.39, 0.29) is 29.3 Å². The second-order valence-electron chi connectivity index (χ2n) is 9.86. The van der Waals surface area contributed by atoms with Crippen molar-refractivity contribution in [3.63, 3.8) is 0 Å². The predicted octanol–water partition coefficient (Wildman–Crippen LogP) is 4.23. The molecule has 11 heteroatoms. The zero-order chi connectivity index (χ0) is 27.6. The quantitative estimate of drug-likeness (QED) is 0.420. The van der Waals surface area contributed by atoms with E-state index >= 15 is 0 Å². The minimum absolute atomic E-state index is 0.110. The Hall–Kier alpha value is -3.76. The SMILES string of the molecule is Cc1cc(F)c2c(c1)C(c1ccccc1)=N[C@H](NC(=O)[C@H](CCC(F)(F)F)[C@H](CC1CC1)C(N)=O)C(=O)N2. The maximum Gasteiger partial charge on any atom is 0.389 e. The topological polar surface area (TPSA) is 114 Å². The highest BCUT2D eigenvalue weighted by Crippen LogP contribution is 2.39. The van der Waals surface area contributed by atoms with Gasteiger partial charge in [-0.25, -0.2) is 9.38 Å². The second-order valence-corrected chi connectivity index (χ2v) is 9.86. The van der Waals surface area contributed by atoms with Crippen molar-refractivity contribution >= 4 is 29.1 Å². The van der Waals surface area contributed by atoms with Crippen LogP contribution in [0, 0.1) is 30.5 Å². The summed E-state index contributed by atoms with van der Waals surface area (Å²) in [6, 6.07) is 11.5. The summed E-state index contributed by atoms with van der Waals surface area (Å²) in [6.45, 7) is 1.67. The van der Waals surface area contributed by atoms with Crippen LogP contribution >= 0.6 is 0 Å². The third-order valence-corrected chi connectivity index (χ3v) is 6.78. The number of nitrogens with two attached hydrogens (primary N) is 1. The van der Waals surface area contributed by atoms with E-state index in [0.29, 0.717) is 11.1 Å². The molecule has 3 amide bonds. The van der Waals surface area contributed by atoms with Crippen molar-refractivity contribution in [1.29, 1.82) is 0 Å². The van der Waals surface area contributed by atoms with Crippen LogP contribution in [0.15, 0.2) is 47.5 Å². The number of carbonyl (C=O) groups is 3. The van der Waals surface area contributed by atoms with Crippen LogP contribution in [0.2, 0.25) is 0 Å². The van der Waals surface area contributed by atoms with Crippen molar-refractivity contribution in [3.05, 3.63) is 65.0 Å². The molecule has 1 aliphatic carbocycles. The lowest BCUT2D eigenvalue weighted by Gasteiger charge is -2.26. The monoisotopic (exact) mass is 532 g/mol. The molecule has 0 unspecified atom stereocenters. The third kappa shape index (κ3) is 6.56. The Morgan fingerprint density at radius 3 is 2.45 bits per heavy atom. The lowest BCUT2D eigenvalue weighted by atomic mass is 9.83. The molecule has 2 aromatic rings. The molecule has 4 N–H and O–H groups in total. The first-order valence-electron chi connectivity index (χ1n) is 12.3. The number of nitrogens with one attached hydrogen (secondary N) is 2. The molecule has 38 heavy (non-hydrogen) atoms. The first-order chi connectivity index (χ1) is 17.9. The van der Waals surface area contributed by atoms with Crippen LogP contribution in [0.5, 0.6) is 0 Å². The Balaban J connectivity index is 1.70. The lowest BCUT2D eigenvalue weighted by Crippen LogP contribution is -2.48. The molecule has 2 aromatic carbocycles. The molecular formula is C27H28F4N4O3. The number of aryl methyl sites for hydroxylation is 1. The van der Waals surface area contributed by atoms with Crippen LogP contribution in [0.3, 0.4) is 0 Å². The fraction of sp³-hybridized carbons (Fsp3) is 0.407. The molecular weight excluding hydrogens is 504 g/mol. The van der Waals surface area contributed by atoms with Gasteiger partial charge >= 0.3 is 6.18 Å². The van der Waals surface area contributed by atoms with Gasteiger partial charge in [-0.3, -0.25) is 14.4 Å². The van der Waals surface area contributed by atoms with Gasteiger partial charge in [0.25, 0.3) is 5.91 Å². The fourth-order valence-corrected chi connectivity index (χ4v) is 4.70. The summed E-state index contributed by atoms with van der Waals surface area (Å²) in [7, 11) is 0. The average Bonchev–Trinajstić information content (AvgIpc) is 3.67. The van der Waals surface area contributed by atoms with E-state index in [0.717, 1.165) is 12.8 Å². The van der Waals surface area contributed by atoms with Crippen LogP contribution in [0.1, 0.15) is 48.8 Å². The summed E-state index contributed by atoms with van der Waals surface area (Å²) < 4.78 is 54.2. The Kier molecular flexibility index (Phi) is 7.84. The molecule has 0 saturated heterocycles. The van der Waals surface area contributed by atoms with E-state index in [9.17, 15) is 31.9 Å². The van der Waals surface area contributed by atoms with E-state index in [1.807, 2.05) is 0 Å². The van der Waals surface area contributed by atoms with Crippen LogP contribution in [0.25, 0.3) is 0 Å². The average molecular weight is 533 g/mol. The third-order valence-electron chi connectivity index (χ3n) is 6.78. The standard InChI is InChI=1S/C27H28F4N4O3/c1-14-11-19-21(16-5-3-2-4-6-16)33-24(26(38)34-22(19)20(28)12-14)35-25(37)17(9-10-27(29,30)31)18(23(32)36)13-15-7-8-15/h2-6,11-12,15,17-18,24H,7-10,13H2,1H3,(H2,32,36)(H,34,38)(H,35,37)/t17-,18+,24-/m1/s1. The number of alkyl halides is 3. The number of carbonyl (C=O) groups excluding carboxylic acids is 3. The Labute approximate surface area is 216 Å². The number of fused-ring (bicyclic) bond motifs is 1. The van der Waals surface area contributed by atoms with E-state index in [1.54, 1.807) is 43.3 Å². The van der Waals surface area contributed by atoms with Gasteiger partial charge in [0.15, 0.2) is 0 Å². The van der Waals surface area contributed by atoms with Crippen molar-refractivity contribution in [1.82, 2.24) is 5.32 Å². The van der Waals surface area contributed by atoms with Gasteiger partial charge in [0.05, 0.1) is 11.4 Å². The molecule has 4 rings (SSSR count). The van der Waals surface area contributed by atoms with E-state index in [4.69, 9.17) is 5.73 Å². The maximum atomic E-state index is 14.9. The van der Waals surface area contributed by atoms with Crippen molar-refractivity contribution in [2.45, 2.75) is 51.4 Å². The van der Waals surface area contributed by atoms with E-state index < -0.39 is 60.6 Å². The van der Waals surface area contributed by atoms with Crippen molar-refractivity contribution < 1.29 is 31.9 Å². The van der Waals surface area contributed by atoms with Crippen molar-refractivity contribution in [2.75, 3.05) is 5.32 Å². The molecule has 0 bridgehead atoms. The van der Waals surface area contributed by atoms with Crippen LogP contribution in [0.4, 0.5) is 23.2 Å². The highest BCUT2D eigenvalue weighted by atomic mass is 19.4. The van der Waals surface area contributed by atoms with Gasteiger partial charge in [-0.2, -0.15) is 13.2 Å². The lowest BCUT2D eigenvalue weighted by molar-refractivity contribution is -0.146. The molecule has 1 fully saturated rings. The molecule has 1 aliphatic heterocycles. The number of benzodiazepines with no additional fused rings is 1. The number of hydrogen-bond donors (Lipinski definition) is 3. The number of anilines is 1. The fourth-order valence-electron chi connectivity index (χ4n) is 4.70. The molecule has 7 nitrogen and oxygen atoms in total. The van der Waals surface area contributed by atoms with Crippen LogP contribution in [-0.4, -0.2) is 35.8 Å². The Morgan fingerprint density at radius 2 is 1.84 bits per heavy atom. The maximum absolute atomic E-state index is 14.9. The highest BCUT2D eigenvalue weighted by Gasteiger charge is 2.41. The minimum Gasteiger partial charge on any atom is -0.369 e.